The summed E-state index contributed by atoms with van der Waals surface area (Å²) in [6.07, 6.45) is 4.70. The first kappa shape index (κ1) is 19.6. The van der Waals surface area contributed by atoms with Crippen molar-refractivity contribution >= 4 is 28.7 Å². The lowest BCUT2D eigenvalue weighted by Crippen LogP contribution is -2.01. The summed E-state index contributed by atoms with van der Waals surface area (Å²) in [6, 6.07) is 6.07. The van der Waals surface area contributed by atoms with Crippen LogP contribution in [0.1, 0.15) is 40.2 Å². The van der Waals surface area contributed by atoms with Gasteiger partial charge in [0, 0.05) is 17.8 Å². The number of nitrogens with two attached hydrogens (primary N) is 1. The number of nitrogens with zero attached hydrogens (tertiary/aromatic N) is 2. The fraction of sp³-hybridized carbons (Fsp3) is 0.353. The molecule has 120 valence electrons. The lowest BCUT2D eigenvalue weighted by molar-refractivity contribution is -0.115. The average molecular weight is 303 g/mol. The van der Waals surface area contributed by atoms with Crippen LogP contribution in [0.25, 0.3) is 16.6 Å². The van der Waals surface area contributed by atoms with Crippen molar-refractivity contribution in [3.05, 3.63) is 36.2 Å². The van der Waals surface area contributed by atoms with Crippen LogP contribution in [-0.2, 0) is 16.0 Å². The number of aryl methyl sites for hydroxylation is 1. The number of carbonyl (C=O) groups excluding carboxylic acids is 2. The van der Waals surface area contributed by atoms with Gasteiger partial charge in [0.05, 0.1) is 5.52 Å². The molecule has 1 heterocycles. The highest BCUT2D eigenvalue weighted by atomic mass is 16.1. The fourth-order valence-corrected chi connectivity index (χ4v) is 1.58. The molecule has 1 aromatic carbocycles. The second-order valence-corrected chi connectivity index (χ2v) is 4.44. The second-order valence-electron chi connectivity index (χ2n) is 4.44. The van der Waals surface area contributed by atoms with Crippen molar-refractivity contribution < 1.29 is 9.59 Å². The minimum Gasteiger partial charge on any atom is -0.403 e. The molecule has 0 radical (unpaired) electrons. The van der Waals surface area contributed by atoms with E-state index in [2.05, 4.69) is 18.1 Å². The first-order chi connectivity index (χ1) is 10.5. The van der Waals surface area contributed by atoms with E-state index in [-0.39, 0.29) is 5.78 Å². The molecule has 5 nitrogen and oxygen atoms in total. The third-order valence-electron chi connectivity index (χ3n) is 2.54. The minimum absolute atomic E-state index is 0.167. The van der Waals surface area contributed by atoms with Crippen molar-refractivity contribution in [3.63, 3.8) is 0 Å². The van der Waals surface area contributed by atoms with E-state index in [1.165, 1.54) is 30.3 Å². The van der Waals surface area contributed by atoms with Crippen LogP contribution in [0.5, 0.6) is 0 Å². The van der Waals surface area contributed by atoms with Gasteiger partial charge in [-0.15, -0.1) is 0 Å². The Kier molecular flexibility index (Phi) is 9.18. The molecule has 0 aliphatic rings. The third kappa shape index (κ3) is 5.91. The molecule has 2 rings (SSSR count). The van der Waals surface area contributed by atoms with Crippen LogP contribution in [0.2, 0.25) is 0 Å². The van der Waals surface area contributed by atoms with E-state index in [0.29, 0.717) is 12.0 Å². The third-order valence-corrected chi connectivity index (χ3v) is 2.54. The molecule has 22 heavy (non-hydrogen) atoms. The van der Waals surface area contributed by atoms with Crippen LogP contribution in [0.3, 0.4) is 0 Å². The van der Waals surface area contributed by atoms with Gasteiger partial charge in [0.25, 0.3) is 0 Å². The van der Waals surface area contributed by atoms with Crippen LogP contribution in [0, 0.1) is 0 Å². The second kappa shape index (κ2) is 10.3. The molecule has 0 unspecified atom stereocenters. The van der Waals surface area contributed by atoms with Crippen LogP contribution in [0.4, 0.5) is 0 Å². The number of aldehydes is 1. The molecule has 2 N–H and O–H groups in total. The van der Waals surface area contributed by atoms with Crippen molar-refractivity contribution in [3.8, 4) is 0 Å². The maximum absolute atomic E-state index is 10.7. The average Bonchev–Trinajstić information content (AvgIpc) is 2.92. The van der Waals surface area contributed by atoms with Gasteiger partial charge >= 0.3 is 0 Å². The van der Waals surface area contributed by atoms with Gasteiger partial charge in [-0.25, -0.2) is 4.68 Å². The van der Waals surface area contributed by atoms with E-state index >= 15 is 0 Å². The fourth-order valence-electron chi connectivity index (χ4n) is 1.58. The van der Waals surface area contributed by atoms with Crippen LogP contribution in [0.15, 0.2) is 30.6 Å². The molecule has 0 aliphatic heterocycles. The van der Waals surface area contributed by atoms with Crippen LogP contribution < -0.4 is 5.73 Å². The summed E-state index contributed by atoms with van der Waals surface area (Å²) in [7, 11) is 0. The van der Waals surface area contributed by atoms with Gasteiger partial charge in [-0.1, -0.05) is 32.9 Å². The molecular weight excluding hydrogens is 278 g/mol. The summed E-state index contributed by atoms with van der Waals surface area (Å²) >= 11 is 0. The Bertz CT molecular complexity index is 638. The molecule has 0 atom stereocenters. The van der Waals surface area contributed by atoms with Crippen molar-refractivity contribution in [2.75, 3.05) is 0 Å². The number of carbonyl (C=O) groups is 2. The Morgan fingerprint density at radius 1 is 1.32 bits per heavy atom. The Hall–Kier alpha value is -2.43. The molecule has 5 heteroatoms. The number of Topliss-reactive ketones (excluding diaryl/α,β-unsaturated/α-hetero) is 1. The summed E-state index contributed by atoms with van der Waals surface area (Å²) in [5.41, 5.74) is 7.78. The number of benzene rings is 1. The van der Waals surface area contributed by atoms with Gasteiger partial charge in [-0.3, -0.25) is 4.79 Å². The first-order valence-corrected chi connectivity index (χ1v) is 7.34. The van der Waals surface area contributed by atoms with Crippen molar-refractivity contribution in [2.45, 2.75) is 41.0 Å². The largest absolute Gasteiger partial charge is 0.403 e. The molecular formula is C17H25N3O2. The Morgan fingerprint density at radius 2 is 1.91 bits per heavy atom. The van der Waals surface area contributed by atoms with Gasteiger partial charge < -0.3 is 10.5 Å². The molecule has 0 amide bonds. The van der Waals surface area contributed by atoms with Crippen LogP contribution >= 0.6 is 0 Å². The molecule has 2 aromatic rings. The quantitative estimate of drug-likeness (QED) is 0.698. The molecule has 0 spiro atoms. The maximum atomic E-state index is 10.7. The topological polar surface area (TPSA) is 78.0 Å². The molecule has 0 saturated heterocycles. The van der Waals surface area contributed by atoms with Crippen molar-refractivity contribution in [1.29, 1.82) is 0 Å². The van der Waals surface area contributed by atoms with Crippen molar-refractivity contribution in [1.82, 2.24) is 9.78 Å². The lowest BCUT2D eigenvalue weighted by Gasteiger charge is -1.95. The van der Waals surface area contributed by atoms with E-state index in [1.807, 2.05) is 26.0 Å². The van der Waals surface area contributed by atoms with E-state index in [9.17, 15) is 9.59 Å². The monoisotopic (exact) mass is 303 g/mol. The summed E-state index contributed by atoms with van der Waals surface area (Å²) in [6.45, 7) is 9.15. The predicted octanol–water partition coefficient (Wildman–Crippen LogP) is 3.18. The van der Waals surface area contributed by atoms with Crippen LogP contribution in [-0.4, -0.2) is 21.8 Å². The van der Waals surface area contributed by atoms with E-state index in [1.54, 1.807) is 6.20 Å². The Balaban J connectivity index is 0.000000640. The highest BCUT2D eigenvalue weighted by molar-refractivity contribution is 5.99. The lowest BCUT2D eigenvalue weighted by atomic mass is 10.1. The zero-order valence-electron chi connectivity index (χ0n) is 14.0. The summed E-state index contributed by atoms with van der Waals surface area (Å²) in [5.74, 6) is 0.167. The predicted molar refractivity (Wildman–Crippen MR) is 91.3 cm³/mol. The van der Waals surface area contributed by atoms with Gasteiger partial charge in [0.2, 0.25) is 0 Å². The number of ketones is 1. The first-order valence-electron chi connectivity index (χ1n) is 7.34. The number of fused-ring (bicyclic) bond motifs is 1. The van der Waals surface area contributed by atoms with Gasteiger partial charge in [-0.05, 0) is 31.9 Å². The standard InChI is InChI=1S/C12H13N3O.C3H6O.C2H6/c1-2-9-3-4-10-7-15(11(6-13)8-16)14-12(10)5-9;1-3(2)4;1-2/h3-8H,2,13H2,1H3;1-2H3;1-2H3/b11-6-;;. The molecule has 0 fully saturated rings. The molecule has 1 aromatic heterocycles. The smallest absolute Gasteiger partial charge is 0.169 e. The Morgan fingerprint density at radius 3 is 2.36 bits per heavy atom. The summed E-state index contributed by atoms with van der Waals surface area (Å²) in [5, 5.41) is 5.30. The van der Waals surface area contributed by atoms with E-state index in [0.717, 1.165) is 17.3 Å². The number of allylic oxidation sites excluding steroid dienone is 1. The molecule has 0 aliphatic carbocycles. The maximum Gasteiger partial charge on any atom is 0.169 e. The zero-order chi connectivity index (χ0) is 17.1. The van der Waals surface area contributed by atoms with Gasteiger partial charge in [0.15, 0.2) is 6.29 Å². The highest BCUT2D eigenvalue weighted by Gasteiger charge is 2.04. The van der Waals surface area contributed by atoms with Gasteiger partial charge in [0.1, 0.15) is 11.5 Å². The Labute approximate surface area is 131 Å². The summed E-state index contributed by atoms with van der Waals surface area (Å²) < 4.78 is 1.50. The number of rotatable bonds is 3. The minimum atomic E-state index is 0.167. The molecule has 0 saturated carbocycles. The van der Waals surface area contributed by atoms with E-state index < -0.39 is 0 Å². The summed E-state index contributed by atoms with van der Waals surface area (Å²) in [4.78, 5) is 20.2. The van der Waals surface area contributed by atoms with Gasteiger partial charge in [-0.2, -0.15) is 5.10 Å². The molecule has 0 bridgehead atoms. The highest BCUT2D eigenvalue weighted by Crippen LogP contribution is 2.16. The SMILES string of the molecule is CC.CC(C)=O.CCc1ccc2cn(/C(C=O)=C\N)nc2c1. The number of hydrogen-bond donors (Lipinski definition) is 1. The zero-order valence-corrected chi connectivity index (χ0v) is 14.0. The van der Waals surface area contributed by atoms with Crippen molar-refractivity contribution in [2.24, 2.45) is 5.73 Å². The van der Waals surface area contributed by atoms with E-state index in [4.69, 9.17) is 5.73 Å². The number of hydrogen-bond acceptors (Lipinski definition) is 4. The number of aromatic nitrogens is 2. The normalized spacial score (nSPS) is 10.1.